The predicted molar refractivity (Wildman–Crippen MR) is 87.4 cm³/mol. The van der Waals surface area contributed by atoms with Crippen LogP contribution in [0.5, 0.6) is 0 Å². The zero-order chi connectivity index (χ0) is 15.0. The van der Waals surface area contributed by atoms with Crippen LogP contribution in [0.3, 0.4) is 0 Å². The molecular weight excluding hydrogens is 314 g/mol. The normalized spacial score (nSPS) is 11.6. The molecule has 1 aromatic carbocycles. The van der Waals surface area contributed by atoms with Crippen molar-refractivity contribution in [2.45, 2.75) is 45.1 Å². The second-order valence-electron chi connectivity index (χ2n) is 4.88. The van der Waals surface area contributed by atoms with Gasteiger partial charge in [0.15, 0.2) is 0 Å². The van der Waals surface area contributed by atoms with Crippen LogP contribution in [0.2, 0.25) is 5.02 Å². The molecular formula is C15H23Cl2FN2O. The number of benzene rings is 1. The molecule has 120 valence electrons. The van der Waals surface area contributed by atoms with Crippen molar-refractivity contribution >= 4 is 29.9 Å². The Hall–Kier alpha value is -0.840. The molecule has 6 heteroatoms. The average Bonchev–Trinajstić information content (AvgIpc) is 2.38. The molecule has 0 aromatic heterocycles. The maximum atomic E-state index is 13.7. The lowest BCUT2D eigenvalue weighted by atomic mass is 10.1. The Kier molecular flexibility index (Phi) is 10.4. The second kappa shape index (κ2) is 10.8. The summed E-state index contributed by atoms with van der Waals surface area (Å²) in [6, 6.07) is 4.08. The second-order valence-corrected chi connectivity index (χ2v) is 5.28. The number of rotatable bonds is 8. The number of unbranched alkanes of at least 4 members (excludes halogenated alkanes) is 3. The molecule has 0 bridgehead atoms. The van der Waals surface area contributed by atoms with Gasteiger partial charge >= 0.3 is 0 Å². The first-order chi connectivity index (χ1) is 9.56. The van der Waals surface area contributed by atoms with Crippen molar-refractivity contribution in [2.75, 3.05) is 6.54 Å². The van der Waals surface area contributed by atoms with Crippen LogP contribution in [0.25, 0.3) is 0 Å². The Bertz CT molecular complexity index is 423. The van der Waals surface area contributed by atoms with E-state index in [9.17, 15) is 9.18 Å². The molecule has 1 rings (SSSR count). The van der Waals surface area contributed by atoms with Crippen molar-refractivity contribution < 1.29 is 9.18 Å². The Morgan fingerprint density at radius 1 is 1.33 bits per heavy atom. The SMILES string of the molecule is CC(NC(=O)CCCCCCN)c1c(F)cccc1Cl.Cl. The number of hydrogen-bond donors (Lipinski definition) is 2. The number of hydrogen-bond acceptors (Lipinski definition) is 2. The predicted octanol–water partition coefficient (Wildman–Crippen LogP) is 3.99. The quantitative estimate of drug-likeness (QED) is 0.705. The van der Waals surface area contributed by atoms with Gasteiger partial charge in [0, 0.05) is 17.0 Å². The largest absolute Gasteiger partial charge is 0.349 e. The third kappa shape index (κ3) is 7.11. The molecule has 21 heavy (non-hydrogen) atoms. The van der Waals surface area contributed by atoms with Crippen molar-refractivity contribution in [1.29, 1.82) is 0 Å². The summed E-state index contributed by atoms with van der Waals surface area (Å²) in [5.74, 6) is -0.474. The van der Waals surface area contributed by atoms with Gasteiger partial charge in [0.05, 0.1) is 6.04 Å². The minimum atomic E-state index is -0.430. The first-order valence-corrected chi connectivity index (χ1v) is 7.37. The van der Waals surface area contributed by atoms with Crippen molar-refractivity contribution in [3.8, 4) is 0 Å². The highest BCUT2D eigenvalue weighted by Gasteiger charge is 2.16. The van der Waals surface area contributed by atoms with E-state index in [4.69, 9.17) is 17.3 Å². The van der Waals surface area contributed by atoms with E-state index in [1.165, 1.54) is 6.07 Å². The summed E-state index contributed by atoms with van der Waals surface area (Å²) in [6.07, 6.45) is 4.28. The fourth-order valence-electron chi connectivity index (χ4n) is 2.09. The molecule has 0 saturated carbocycles. The molecule has 0 spiro atoms. The molecule has 0 radical (unpaired) electrons. The number of carbonyl (C=O) groups excluding carboxylic acids is 1. The van der Waals surface area contributed by atoms with Crippen molar-refractivity contribution in [1.82, 2.24) is 5.32 Å². The number of amides is 1. The minimum Gasteiger partial charge on any atom is -0.349 e. The molecule has 1 unspecified atom stereocenters. The van der Waals surface area contributed by atoms with E-state index < -0.39 is 11.9 Å². The number of nitrogens with one attached hydrogen (secondary N) is 1. The lowest BCUT2D eigenvalue weighted by Gasteiger charge is -2.16. The zero-order valence-corrected chi connectivity index (χ0v) is 13.8. The highest BCUT2D eigenvalue weighted by molar-refractivity contribution is 6.31. The monoisotopic (exact) mass is 336 g/mol. The van der Waals surface area contributed by atoms with E-state index in [0.29, 0.717) is 23.6 Å². The molecule has 0 aliphatic carbocycles. The van der Waals surface area contributed by atoms with E-state index in [1.54, 1.807) is 19.1 Å². The molecule has 1 aromatic rings. The van der Waals surface area contributed by atoms with Crippen molar-refractivity contribution in [3.05, 3.63) is 34.6 Å². The standard InChI is InChI=1S/C15H22ClFN2O.ClH/c1-11(15-12(16)7-6-8-13(15)17)19-14(20)9-4-2-3-5-10-18;/h6-8,11H,2-5,9-10,18H2,1H3,(H,19,20);1H. The molecule has 0 fully saturated rings. The molecule has 3 nitrogen and oxygen atoms in total. The van der Waals surface area contributed by atoms with Crippen LogP contribution in [0, 0.1) is 5.82 Å². The molecule has 1 atom stereocenters. The highest BCUT2D eigenvalue weighted by Crippen LogP contribution is 2.25. The fourth-order valence-corrected chi connectivity index (χ4v) is 2.42. The van der Waals surface area contributed by atoms with Gasteiger partial charge in [-0.05, 0) is 38.4 Å². The van der Waals surface area contributed by atoms with Gasteiger partial charge in [-0.2, -0.15) is 0 Å². The molecule has 0 heterocycles. The molecule has 1 amide bonds. The van der Waals surface area contributed by atoms with Gasteiger partial charge in [-0.3, -0.25) is 4.79 Å². The lowest BCUT2D eigenvalue weighted by Crippen LogP contribution is -2.27. The molecule has 0 aliphatic rings. The Labute approximate surface area is 136 Å². The van der Waals surface area contributed by atoms with Crippen LogP contribution in [-0.2, 0) is 4.79 Å². The summed E-state index contributed by atoms with van der Waals surface area (Å²) >= 11 is 5.97. The third-order valence-corrected chi connectivity index (χ3v) is 3.50. The Morgan fingerprint density at radius 3 is 2.62 bits per heavy atom. The van der Waals surface area contributed by atoms with Crippen LogP contribution >= 0.6 is 24.0 Å². The summed E-state index contributed by atoms with van der Waals surface area (Å²) in [4.78, 5) is 11.8. The van der Waals surface area contributed by atoms with E-state index in [1.807, 2.05) is 0 Å². The maximum Gasteiger partial charge on any atom is 0.220 e. The third-order valence-electron chi connectivity index (χ3n) is 3.17. The van der Waals surface area contributed by atoms with Gasteiger partial charge in [0.25, 0.3) is 0 Å². The molecule has 0 saturated heterocycles. The van der Waals surface area contributed by atoms with Crippen molar-refractivity contribution in [3.63, 3.8) is 0 Å². The first kappa shape index (κ1) is 20.2. The highest BCUT2D eigenvalue weighted by atomic mass is 35.5. The number of carbonyl (C=O) groups is 1. The van der Waals surface area contributed by atoms with Crippen molar-refractivity contribution in [2.24, 2.45) is 5.73 Å². The summed E-state index contributed by atoms with van der Waals surface area (Å²) < 4.78 is 13.7. The van der Waals surface area contributed by atoms with E-state index >= 15 is 0 Å². The van der Waals surface area contributed by atoms with Crippen LogP contribution in [0.15, 0.2) is 18.2 Å². The maximum absolute atomic E-state index is 13.7. The van der Waals surface area contributed by atoms with Gasteiger partial charge in [0.1, 0.15) is 5.82 Å². The lowest BCUT2D eigenvalue weighted by molar-refractivity contribution is -0.121. The average molecular weight is 337 g/mol. The minimum absolute atomic E-state index is 0. The van der Waals surface area contributed by atoms with Gasteiger partial charge in [-0.25, -0.2) is 4.39 Å². The summed E-state index contributed by atoms with van der Waals surface area (Å²) in [7, 11) is 0. The van der Waals surface area contributed by atoms with E-state index in [2.05, 4.69) is 5.32 Å². The smallest absolute Gasteiger partial charge is 0.220 e. The van der Waals surface area contributed by atoms with Crippen LogP contribution < -0.4 is 11.1 Å². The topological polar surface area (TPSA) is 55.1 Å². The molecule has 3 N–H and O–H groups in total. The van der Waals surface area contributed by atoms with Gasteiger partial charge < -0.3 is 11.1 Å². The fraction of sp³-hybridized carbons (Fsp3) is 0.533. The van der Waals surface area contributed by atoms with Gasteiger partial charge in [-0.15, -0.1) is 12.4 Å². The Balaban J connectivity index is 0.00000400. The zero-order valence-electron chi connectivity index (χ0n) is 12.2. The number of nitrogens with two attached hydrogens (primary N) is 1. The van der Waals surface area contributed by atoms with E-state index in [-0.39, 0.29) is 18.3 Å². The summed E-state index contributed by atoms with van der Waals surface area (Å²) in [5, 5.41) is 3.11. The first-order valence-electron chi connectivity index (χ1n) is 6.99. The van der Waals surface area contributed by atoms with Crippen LogP contribution in [0.1, 0.15) is 50.6 Å². The van der Waals surface area contributed by atoms with Crippen LogP contribution in [-0.4, -0.2) is 12.5 Å². The molecule has 0 aliphatic heterocycles. The van der Waals surface area contributed by atoms with E-state index in [0.717, 1.165) is 25.7 Å². The van der Waals surface area contributed by atoms with Gasteiger partial charge in [0.2, 0.25) is 5.91 Å². The summed E-state index contributed by atoms with van der Waals surface area (Å²) in [6.45, 7) is 2.42. The van der Waals surface area contributed by atoms with Crippen LogP contribution in [0.4, 0.5) is 4.39 Å². The Morgan fingerprint density at radius 2 is 2.00 bits per heavy atom. The summed E-state index contributed by atoms with van der Waals surface area (Å²) in [5.41, 5.74) is 5.74. The number of halogens is 3. The van der Waals surface area contributed by atoms with Gasteiger partial charge in [-0.1, -0.05) is 30.5 Å².